The molecular weight excluding hydrogens is 320 g/mol. The minimum atomic E-state index is -0.236. The molecule has 0 saturated heterocycles. The van der Waals surface area contributed by atoms with Gasteiger partial charge in [0.15, 0.2) is 28.8 Å². The van der Waals surface area contributed by atoms with Gasteiger partial charge in [0.05, 0.1) is 6.21 Å². The molecule has 1 aromatic heterocycles. The second kappa shape index (κ2) is 6.88. The Balaban J connectivity index is 1.75. The van der Waals surface area contributed by atoms with E-state index < -0.39 is 0 Å². The van der Waals surface area contributed by atoms with Crippen molar-refractivity contribution in [3.63, 3.8) is 0 Å². The predicted molar refractivity (Wildman–Crippen MR) is 94.8 cm³/mol. The van der Waals surface area contributed by atoms with Crippen LogP contribution in [0.4, 0.5) is 0 Å². The summed E-state index contributed by atoms with van der Waals surface area (Å²) in [5.41, 5.74) is 8.83. The number of aromatic nitrogens is 1. The third kappa shape index (κ3) is 3.84. The van der Waals surface area contributed by atoms with E-state index >= 15 is 0 Å². The predicted octanol–water partition coefficient (Wildman–Crippen LogP) is 2.80. The highest BCUT2D eigenvalue weighted by atomic mass is 16.5. The average molecular weight is 336 g/mol. The lowest BCUT2D eigenvalue weighted by Gasteiger charge is -1.97. The highest BCUT2D eigenvalue weighted by Crippen LogP contribution is 2.24. The van der Waals surface area contributed by atoms with Gasteiger partial charge < -0.3 is 20.5 Å². The van der Waals surface area contributed by atoms with Crippen molar-refractivity contribution in [1.29, 1.82) is 0 Å². The molecule has 25 heavy (non-hydrogen) atoms. The number of rotatable bonds is 4. The van der Waals surface area contributed by atoms with Crippen LogP contribution >= 0.6 is 0 Å². The van der Waals surface area contributed by atoms with E-state index in [4.69, 9.17) is 10.3 Å². The topological polar surface area (TPSA) is 117 Å². The molecule has 7 nitrogen and oxygen atoms in total. The number of hydrogen-bond donors (Lipinski definition) is 3. The Morgan fingerprint density at radius 1 is 1.08 bits per heavy atom. The zero-order chi connectivity index (χ0) is 17.8. The van der Waals surface area contributed by atoms with Gasteiger partial charge in [0.2, 0.25) is 0 Å². The maximum atomic E-state index is 9.42. The average Bonchev–Trinajstić information content (AvgIpc) is 3.09. The minimum absolute atomic E-state index is 0.0985. The highest BCUT2D eigenvalue weighted by molar-refractivity contribution is 5.96. The van der Waals surface area contributed by atoms with Gasteiger partial charge in [-0.15, -0.1) is 5.10 Å². The van der Waals surface area contributed by atoms with E-state index in [9.17, 15) is 10.2 Å². The lowest BCUT2D eigenvalue weighted by molar-refractivity contribution is 0.403. The Labute approximate surface area is 143 Å². The number of hydrogen-bond acceptors (Lipinski definition) is 6. The molecular formula is C18H16N4O3. The van der Waals surface area contributed by atoms with Crippen LogP contribution in [0.1, 0.15) is 16.8 Å². The fourth-order valence-corrected chi connectivity index (χ4v) is 2.08. The highest BCUT2D eigenvalue weighted by Gasteiger charge is 2.09. The lowest BCUT2D eigenvalue weighted by atomic mass is 10.1. The molecule has 0 atom stereocenters. The van der Waals surface area contributed by atoms with Gasteiger partial charge in [0.25, 0.3) is 0 Å². The van der Waals surface area contributed by atoms with Crippen molar-refractivity contribution in [3.8, 4) is 22.8 Å². The molecule has 3 aromatic rings. The van der Waals surface area contributed by atoms with Gasteiger partial charge >= 0.3 is 0 Å². The van der Waals surface area contributed by atoms with Crippen LogP contribution in [-0.2, 0) is 0 Å². The molecule has 0 amide bonds. The molecule has 0 aliphatic rings. The van der Waals surface area contributed by atoms with Crippen molar-refractivity contribution >= 4 is 12.1 Å². The quantitative estimate of drug-likeness (QED) is 0.293. The number of aromatic hydroxyl groups is 2. The summed E-state index contributed by atoms with van der Waals surface area (Å²) in [7, 11) is 0. The number of benzene rings is 2. The summed E-state index contributed by atoms with van der Waals surface area (Å²) in [4.78, 5) is 0. The summed E-state index contributed by atoms with van der Waals surface area (Å²) in [6.45, 7) is 2.01. The van der Waals surface area contributed by atoms with Crippen molar-refractivity contribution in [1.82, 2.24) is 5.16 Å². The van der Waals surface area contributed by atoms with Crippen LogP contribution in [0.15, 0.2) is 63.3 Å². The van der Waals surface area contributed by atoms with Gasteiger partial charge in [-0.25, -0.2) is 0 Å². The molecule has 3 rings (SSSR count). The maximum Gasteiger partial charge on any atom is 0.175 e. The molecule has 0 spiro atoms. The molecule has 0 saturated carbocycles. The number of nitrogens with zero attached hydrogens (tertiary/aromatic N) is 3. The summed E-state index contributed by atoms with van der Waals surface area (Å²) in [6, 6.07) is 13.8. The molecule has 4 N–H and O–H groups in total. The Kier molecular flexibility index (Phi) is 4.47. The minimum Gasteiger partial charge on any atom is -0.504 e. The third-order valence-corrected chi connectivity index (χ3v) is 3.48. The van der Waals surface area contributed by atoms with Crippen LogP contribution in [0.5, 0.6) is 11.5 Å². The van der Waals surface area contributed by atoms with Crippen LogP contribution in [0, 0.1) is 6.92 Å². The fourth-order valence-electron chi connectivity index (χ4n) is 2.08. The van der Waals surface area contributed by atoms with Crippen LogP contribution in [-0.4, -0.2) is 27.4 Å². The van der Waals surface area contributed by atoms with E-state index in [2.05, 4.69) is 15.4 Å². The van der Waals surface area contributed by atoms with E-state index in [0.29, 0.717) is 17.0 Å². The number of phenolic OH excluding ortho intramolecular Hbond substituents is 2. The van der Waals surface area contributed by atoms with Crippen molar-refractivity contribution in [2.75, 3.05) is 0 Å². The van der Waals surface area contributed by atoms with Crippen LogP contribution in [0.3, 0.4) is 0 Å². The zero-order valence-electron chi connectivity index (χ0n) is 13.4. The Morgan fingerprint density at radius 3 is 2.56 bits per heavy atom. The maximum absolute atomic E-state index is 9.42. The summed E-state index contributed by atoms with van der Waals surface area (Å²) in [5.74, 6) is 0.244. The normalized spacial score (nSPS) is 12.0. The molecule has 126 valence electrons. The third-order valence-electron chi connectivity index (χ3n) is 3.48. The summed E-state index contributed by atoms with van der Waals surface area (Å²) >= 11 is 0. The molecule has 0 radical (unpaired) electrons. The van der Waals surface area contributed by atoms with Crippen molar-refractivity contribution in [2.24, 2.45) is 15.9 Å². The van der Waals surface area contributed by atoms with Crippen LogP contribution in [0.2, 0.25) is 0 Å². The standard InChI is InChI=1S/C18H16N4O3/c1-11-2-5-13(6-3-11)17-9-14(22-25-17)18(19)21-20-10-12-4-7-15(23)16(24)8-12/h2-10,23-24H,1H3,(H2,19,21). The molecule has 0 bridgehead atoms. The Bertz CT molecular complexity index is 943. The second-order valence-electron chi connectivity index (χ2n) is 5.42. The number of amidine groups is 1. The molecule has 0 unspecified atom stereocenters. The summed E-state index contributed by atoms with van der Waals surface area (Å²) < 4.78 is 5.28. The number of phenols is 2. The molecule has 7 heteroatoms. The van der Waals surface area contributed by atoms with E-state index in [1.54, 1.807) is 12.1 Å². The number of aryl methyl sites for hydroxylation is 1. The second-order valence-corrected chi connectivity index (χ2v) is 5.42. The van der Waals surface area contributed by atoms with Gasteiger partial charge in [-0.05, 0) is 30.7 Å². The van der Waals surface area contributed by atoms with Crippen molar-refractivity contribution < 1.29 is 14.7 Å². The van der Waals surface area contributed by atoms with Gasteiger partial charge in [-0.3, -0.25) is 0 Å². The first-order chi connectivity index (χ1) is 12.0. The van der Waals surface area contributed by atoms with Gasteiger partial charge in [-0.1, -0.05) is 35.0 Å². The van der Waals surface area contributed by atoms with E-state index in [0.717, 1.165) is 11.1 Å². The van der Waals surface area contributed by atoms with Gasteiger partial charge in [-0.2, -0.15) is 5.10 Å². The smallest absolute Gasteiger partial charge is 0.175 e. The van der Waals surface area contributed by atoms with E-state index in [1.807, 2.05) is 31.2 Å². The Hall–Kier alpha value is -3.61. The van der Waals surface area contributed by atoms with Crippen LogP contribution in [0.25, 0.3) is 11.3 Å². The lowest BCUT2D eigenvalue weighted by Crippen LogP contribution is -2.12. The van der Waals surface area contributed by atoms with Gasteiger partial charge in [0.1, 0.15) is 0 Å². The molecule has 1 heterocycles. The van der Waals surface area contributed by atoms with Crippen LogP contribution < -0.4 is 5.73 Å². The van der Waals surface area contributed by atoms with Crippen molar-refractivity contribution in [3.05, 3.63) is 65.4 Å². The first-order valence-corrected chi connectivity index (χ1v) is 7.45. The first kappa shape index (κ1) is 16.3. The summed E-state index contributed by atoms with van der Waals surface area (Å²) in [6.07, 6.45) is 1.40. The zero-order valence-corrected chi connectivity index (χ0v) is 13.4. The fraction of sp³-hybridized carbons (Fsp3) is 0.0556. The van der Waals surface area contributed by atoms with E-state index in [1.165, 1.54) is 18.3 Å². The number of nitrogens with two attached hydrogens (primary N) is 1. The molecule has 0 aliphatic heterocycles. The van der Waals surface area contributed by atoms with Gasteiger partial charge in [0, 0.05) is 11.6 Å². The first-order valence-electron chi connectivity index (χ1n) is 7.45. The monoisotopic (exact) mass is 336 g/mol. The molecule has 0 aliphatic carbocycles. The Morgan fingerprint density at radius 2 is 1.84 bits per heavy atom. The van der Waals surface area contributed by atoms with Crippen molar-refractivity contribution in [2.45, 2.75) is 6.92 Å². The van der Waals surface area contributed by atoms with E-state index in [-0.39, 0.29) is 17.3 Å². The molecule has 2 aromatic carbocycles. The summed E-state index contributed by atoms with van der Waals surface area (Å²) in [5, 5.41) is 30.3. The molecule has 0 fully saturated rings. The SMILES string of the molecule is Cc1ccc(-c2cc(C(N)=NN=Cc3ccc(O)c(O)c3)no2)cc1. The largest absolute Gasteiger partial charge is 0.504 e.